The SMILES string of the molecule is C=CCNCC(=O)Nc1cccc(-c2cnco2)c1. The standard InChI is InChI=1S/C14H15N3O2/c1-2-6-15-9-14(18)17-12-5-3-4-11(7-12)13-8-16-10-19-13/h2-5,7-8,10,15H,1,6,9H2,(H,17,18). The lowest BCUT2D eigenvalue weighted by Crippen LogP contribution is -2.28. The summed E-state index contributed by atoms with van der Waals surface area (Å²) in [6, 6.07) is 7.41. The normalized spacial score (nSPS) is 10.1. The first-order chi connectivity index (χ1) is 9.29. The molecular weight excluding hydrogens is 242 g/mol. The van der Waals surface area contributed by atoms with Crippen molar-refractivity contribution in [3.8, 4) is 11.3 Å². The van der Waals surface area contributed by atoms with E-state index < -0.39 is 0 Å². The topological polar surface area (TPSA) is 67.2 Å². The fourth-order valence-corrected chi connectivity index (χ4v) is 1.60. The number of aromatic nitrogens is 1. The van der Waals surface area contributed by atoms with Crippen molar-refractivity contribution in [2.45, 2.75) is 0 Å². The minimum Gasteiger partial charge on any atom is -0.444 e. The molecule has 0 bridgehead atoms. The first kappa shape index (κ1) is 13.0. The number of nitrogens with one attached hydrogen (secondary N) is 2. The second-order valence-electron chi connectivity index (χ2n) is 3.91. The maximum absolute atomic E-state index is 11.6. The summed E-state index contributed by atoms with van der Waals surface area (Å²) in [5.41, 5.74) is 1.59. The summed E-state index contributed by atoms with van der Waals surface area (Å²) in [5, 5.41) is 5.74. The zero-order chi connectivity index (χ0) is 13.5. The predicted octanol–water partition coefficient (Wildman–Crippen LogP) is 2.06. The van der Waals surface area contributed by atoms with E-state index in [0.717, 1.165) is 11.3 Å². The highest BCUT2D eigenvalue weighted by Crippen LogP contribution is 2.21. The van der Waals surface area contributed by atoms with Crippen LogP contribution in [0.15, 0.2) is 53.9 Å². The third kappa shape index (κ3) is 3.79. The van der Waals surface area contributed by atoms with E-state index in [9.17, 15) is 4.79 Å². The Morgan fingerprint density at radius 1 is 1.47 bits per heavy atom. The number of nitrogens with zero attached hydrogens (tertiary/aromatic N) is 1. The number of oxazole rings is 1. The molecule has 0 fully saturated rings. The van der Waals surface area contributed by atoms with Crippen LogP contribution in [-0.4, -0.2) is 24.0 Å². The minimum absolute atomic E-state index is 0.100. The zero-order valence-electron chi connectivity index (χ0n) is 10.4. The van der Waals surface area contributed by atoms with Crippen LogP contribution in [0, 0.1) is 0 Å². The lowest BCUT2D eigenvalue weighted by molar-refractivity contribution is -0.115. The average molecular weight is 257 g/mol. The molecule has 0 aliphatic carbocycles. The molecule has 0 aliphatic rings. The van der Waals surface area contributed by atoms with Crippen molar-refractivity contribution in [1.29, 1.82) is 0 Å². The van der Waals surface area contributed by atoms with Gasteiger partial charge in [-0.2, -0.15) is 0 Å². The molecule has 0 saturated carbocycles. The Kier molecular flexibility index (Phi) is 4.47. The Morgan fingerprint density at radius 3 is 3.11 bits per heavy atom. The summed E-state index contributed by atoms with van der Waals surface area (Å²) < 4.78 is 5.21. The number of rotatable bonds is 6. The van der Waals surface area contributed by atoms with Gasteiger partial charge in [0, 0.05) is 17.8 Å². The lowest BCUT2D eigenvalue weighted by Gasteiger charge is -2.06. The molecule has 2 rings (SSSR count). The summed E-state index contributed by atoms with van der Waals surface area (Å²) in [4.78, 5) is 15.5. The van der Waals surface area contributed by atoms with Crippen LogP contribution in [0.5, 0.6) is 0 Å². The molecule has 1 amide bonds. The molecule has 0 unspecified atom stereocenters. The van der Waals surface area contributed by atoms with E-state index in [1.807, 2.05) is 24.3 Å². The molecular formula is C14H15N3O2. The predicted molar refractivity (Wildman–Crippen MR) is 73.6 cm³/mol. The molecule has 0 radical (unpaired) electrons. The van der Waals surface area contributed by atoms with Gasteiger partial charge in [-0.3, -0.25) is 4.79 Å². The molecule has 19 heavy (non-hydrogen) atoms. The van der Waals surface area contributed by atoms with Crippen LogP contribution in [0.25, 0.3) is 11.3 Å². The Labute approximate surface area is 111 Å². The van der Waals surface area contributed by atoms with Crippen LogP contribution in [0.1, 0.15) is 0 Å². The molecule has 1 aromatic carbocycles. The Balaban J connectivity index is 1.99. The van der Waals surface area contributed by atoms with Gasteiger partial charge < -0.3 is 15.1 Å². The highest BCUT2D eigenvalue weighted by molar-refractivity contribution is 5.92. The van der Waals surface area contributed by atoms with Crippen molar-refractivity contribution in [1.82, 2.24) is 10.3 Å². The van der Waals surface area contributed by atoms with E-state index in [2.05, 4.69) is 22.2 Å². The Hall–Kier alpha value is -2.40. The maximum Gasteiger partial charge on any atom is 0.238 e. The van der Waals surface area contributed by atoms with Gasteiger partial charge >= 0.3 is 0 Å². The van der Waals surface area contributed by atoms with Gasteiger partial charge in [-0.15, -0.1) is 6.58 Å². The zero-order valence-corrected chi connectivity index (χ0v) is 10.4. The van der Waals surface area contributed by atoms with Crippen molar-refractivity contribution in [2.24, 2.45) is 0 Å². The first-order valence-electron chi connectivity index (χ1n) is 5.90. The van der Waals surface area contributed by atoms with Crippen LogP contribution >= 0.6 is 0 Å². The van der Waals surface area contributed by atoms with Crippen molar-refractivity contribution in [2.75, 3.05) is 18.4 Å². The molecule has 98 valence electrons. The van der Waals surface area contributed by atoms with Gasteiger partial charge in [-0.25, -0.2) is 4.98 Å². The highest BCUT2D eigenvalue weighted by atomic mass is 16.3. The molecule has 0 aliphatic heterocycles. The fraction of sp³-hybridized carbons (Fsp3) is 0.143. The molecule has 5 nitrogen and oxygen atoms in total. The summed E-state index contributed by atoms with van der Waals surface area (Å²) in [5.74, 6) is 0.567. The summed E-state index contributed by atoms with van der Waals surface area (Å²) >= 11 is 0. The van der Waals surface area contributed by atoms with Crippen LogP contribution in [0.4, 0.5) is 5.69 Å². The molecule has 0 spiro atoms. The third-order valence-electron chi connectivity index (χ3n) is 2.44. The van der Waals surface area contributed by atoms with Gasteiger partial charge in [-0.1, -0.05) is 18.2 Å². The third-order valence-corrected chi connectivity index (χ3v) is 2.44. The first-order valence-corrected chi connectivity index (χ1v) is 5.90. The van der Waals surface area contributed by atoms with Crippen molar-refractivity contribution >= 4 is 11.6 Å². The van der Waals surface area contributed by atoms with Crippen molar-refractivity contribution in [3.05, 3.63) is 49.5 Å². The smallest absolute Gasteiger partial charge is 0.238 e. The molecule has 2 aromatic rings. The van der Waals surface area contributed by atoms with Crippen LogP contribution in [0.3, 0.4) is 0 Å². The monoisotopic (exact) mass is 257 g/mol. The summed E-state index contributed by atoms with van der Waals surface area (Å²) in [6.07, 6.45) is 4.71. The number of carbonyl (C=O) groups is 1. The molecule has 2 N–H and O–H groups in total. The van der Waals surface area contributed by atoms with Crippen molar-refractivity contribution < 1.29 is 9.21 Å². The maximum atomic E-state index is 11.6. The van der Waals surface area contributed by atoms with Gasteiger partial charge in [-0.05, 0) is 12.1 Å². The van der Waals surface area contributed by atoms with E-state index in [-0.39, 0.29) is 12.5 Å². The van der Waals surface area contributed by atoms with E-state index >= 15 is 0 Å². The Bertz CT molecular complexity index is 550. The molecule has 0 saturated heterocycles. The van der Waals surface area contributed by atoms with Crippen LogP contribution < -0.4 is 10.6 Å². The fourth-order valence-electron chi connectivity index (χ4n) is 1.60. The van der Waals surface area contributed by atoms with E-state index in [1.54, 1.807) is 12.3 Å². The quantitative estimate of drug-likeness (QED) is 0.614. The van der Waals surface area contributed by atoms with Gasteiger partial charge in [0.2, 0.25) is 5.91 Å². The van der Waals surface area contributed by atoms with Gasteiger partial charge in [0.15, 0.2) is 12.2 Å². The van der Waals surface area contributed by atoms with Gasteiger partial charge in [0.05, 0.1) is 12.7 Å². The van der Waals surface area contributed by atoms with Crippen LogP contribution in [-0.2, 0) is 4.79 Å². The number of hydrogen-bond donors (Lipinski definition) is 2. The molecule has 1 heterocycles. The van der Waals surface area contributed by atoms with E-state index in [0.29, 0.717) is 12.3 Å². The highest BCUT2D eigenvalue weighted by Gasteiger charge is 2.05. The van der Waals surface area contributed by atoms with Crippen molar-refractivity contribution in [3.63, 3.8) is 0 Å². The average Bonchev–Trinajstić information content (AvgIpc) is 2.93. The molecule has 1 aromatic heterocycles. The number of hydrogen-bond acceptors (Lipinski definition) is 4. The summed E-state index contributed by atoms with van der Waals surface area (Å²) in [6.45, 7) is 4.42. The largest absolute Gasteiger partial charge is 0.444 e. The number of benzene rings is 1. The second-order valence-corrected chi connectivity index (χ2v) is 3.91. The van der Waals surface area contributed by atoms with E-state index in [4.69, 9.17) is 4.42 Å². The molecule has 0 atom stereocenters. The number of amides is 1. The van der Waals surface area contributed by atoms with Gasteiger partial charge in [0.25, 0.3) is 0 Å². The molecule has 5 heteroatoms. The van der Waals surface area contributed by atoms with E-state index in [1.165, 1.54) is 6.39 Å². The number of anilines is 1. The minimum atomic E-state index is -0.100. The second kappa shape index (κ2) is 6.51. The van der Waals surface area contributed by atoms with Crippen LogP contribution in [0.2, 0.25) is 0 Å². The van der Waals surface area contributed by atoms with Gasteiger partial charge in [0.1, 0.15) is 0 Å². The number of carbonyl (C=O) groups excluding carboxylic acids is 1. The lowest BCUT2D eigenvalue weighted by atomic mass is 10.1. The Morgan fingerprint density at radius 2 is 2.37 bits per heavy atom. The summed E-state index contributed by atoms with van der Waals surface area (Å²) in [7, 11) is 0.